The smallest absolute Gasteiger partial charge is 0.306 e. The van der Waals surface area contributed by atoms with E-state index in [9.17, 15) is 9.59 Å². The maximum absolute atomic E-state index is 12.1. The number of amides is 1. The number of carbonyl (C=O) groups is 2. The van der Waals surface area contributed by atoms with E-state index in [1.807, 2.05) is 17.0 Å². The molecule has 1 aromatic rings. The molecule has 2 rings (SSSR count). The van der Waals surface area contributed by atoms with Gasteiger partial charge < -0.3 is 9.64 Å². The summed E-state index contributed by atoms with van der Waals surface area (Å²) < 4.78 is 4.85. The quantitative estimate of drug-likeness (QED) is 0.789. The lowest BCUT2D eigenvalue weighted by Gasteiger charge is -2.20. The fourth-order valence-corrected chi connectivity index (χ4v) is 2.52. The molecular formula is C16H21NO3. The topological polar surface area (TPSA) is 46.6 Å². The predicted molar refractivity (Wildman–Crippen MR) is 76.3 cm³/mol. The molecule has 0 fully saturated rings. The lowest BCUT2D eigenvalue weighted by atomic mass is 10.0. The Morgan fingerprint density at radius 1 is 1.10 bits per heavy atom. The summed E-state index contributed by atoms with van der Waals surface area (Å²) in [4.78, 5) is 25.3. The minimum absolute atomic E-state index is 0.0471. The zero-order valence-corrected chi connectivity index (χ0v) is 11.9. The van der Waals surface area contributed by atoms with Crippen LogP contribution in [0.3, 0.4) is 0 Å². The number of esters is 1. The third kappa shape index (κ3) is 3.83. The largest absolute Gasteiger partial charge is 0.466 e. The summed E-state index contributed by atoms with van der Waals surface area (Å²) in [5, 5.41) is 0. The van der Waals surface area contributed by atoms with E-state index in [0.29, 0.717) is 6.61 Å². The molecule has 4 heteroatoms. The SMILES string of the molecule is CCOC(=O)CCC(=O)N1CCc2ccccc2CC1. The number of carbonyl (C=O) groups excluding carboxylic acids is 2. The first kappa shape index (κ1) is 14.6. The van der Waals surface area contributed by atoms with Crippen molar-refractivity contribution in [3.63, 3.8) is 0 Å². The molecule has 0 N–H and O–H groups in total. The van der Waals surface area contributed by atoms with Gasteiger partial charge in [0, 0.05) is 19.5 Å². The molecule has 1 heterocycles. The van der Waals surface area contributed by atoms with Crippen LogP contribution in [-0.2, 0) is 27.2 Å². The van der Waals surface area contributed by atoms with Crippen LogP contribution in [0.15, 0.2) is 24.3 Å². The molecule has 1 amide bonds. The number of ether oxygens (including phenoxy) is 1. The fraction of sp³-hybridized carbons (Fsp3) is 0.500. The number of rotatable bonds is 4. The monoisotopic (exact) mass is 275 g/mol. The highest BCUT2D eigenvalue weighted by atomic mass is 16.5. The van der Waals surface area contributed by atoms with Gasteiger partial charge in [0.1, 0.15) is 0 Å². The molecule has 0 aliphatic carbocycles. The average Bonchev–Trinajstić information content (AvgIpc) is 2.68. The van der Waals surface area contributed by atoms with Crippen LogP contribution in [0.4, 0.5) is 0 Å². The first-order valence-corrected chi connectivity index (χ1v) is 7.21. The summed E-state index contributed by atoms with van der Waals surface area (Å²) in [7, 11) is 0. The van der Waals surface area contributed by atoms with Gasteiger partial charge in [0.25, 0.3) is 0 Å². The number of nitrogens with zero attached hydrogens (tertiary/aromatic N) is 1. The Morgan fingerprint density at radius 2 is 1.70 bits per heavy atom. The van der Waals surface area contributed by atoms with Crippen LogP contribution in [0.5, 0.6) is 0 Å². The Kier molecular flexibility index (Phi) is 5.16. The molecule has 0 bridgehead atoms. The number of hydrogen-bond acceptors (Lipinski definition) is 3. The van der Waals surface area contributed by atoms with E-state index in [4.69, 9.17) is 4.74 Å². The fourth-order valence-electron chi connectivity index (χ4n) is 2.52. The van der Waals surface area contributed by atoms with Gasteiger partial charge in [-0.25, -0.2) is 0 Å². The van der Waals surface area contributed by atoms with Crippen molar-refractivity contribution in [1.29, 1.82) is 0 Å². The maximum atomic E-state index is 12.1. The lowest BCUT2D eigenvalue weighted by Crippen LogP contribution is -2.33. The van der Waals surface area contributed by atoms with Gasteiger partial charge in [-0.05, 0) is 30.9 Å². The standard InChI is InChI=1S/C16H21NO3/c1-2-20-16(19)8-7-15(18)17-11-9-13-5-3-4-6-14(13)10-12-17/h3-6H,2,7-12H2,1H3. The normalized spacial score (nSPS) is 14.3. The van der Waals surface area contributed by atoms with E-state index < -0.39 is 0 Å². The summed E-state index contributed by atoms with van der Waals surface area (Å²) in [6.07, 6.45) is 2.20. The van der Waals surface area contributed by atoms with E-state index in [0.717, 1.165) is 25.9 Å². The first-order chi connectivity index (χ1) is 9.70. The van der Waals surface area contributed by atoms with Gasteiger partial charge in [-0.1, -0.05) is 24.3 Å². The number of benzene rings is 1. The van der Waals surface area contributed by atoms with Crippen molar-refractivity contribution < 1.29 is 14.3 Å². The zero-order valence-electron chi connectivity index (χ0n) is 11.9. The second-order valence-electron chi connectivity index (χ2n) is 4.95. The molecule has 1 aliphatic rings. The summed E-state index contributed by atoms with van der Waals surface area (Å²) >= 11 is 0. The van der Waals surface area contributed by atoms with E-state index in [-0.39, 0.29) is 24.7 Å². The highest BCUT2D eigenvalue weighted by molar-refractivity contribution is 5.81. The Bertz CT molecular complexity index is 457. The minimum atomic E-state index is -0.293. The van der Waals surface area contributed by atoms with Crippen molar-refractivity contribution in [2.75, 3.05) is 19.7 Å². The second kappa shape index (κ2) is 7.08. The van der Waals surface area contributed by atoms with Crippen molar-refractivity contribution in [2.45, 2.75) is 32.6 Å². The molecule has 1 aliphatic heterocycles. The van der Waals surface area contributed by atoms with Crippen molar-refractivity contribution >= 4 is 11.9 Å². The van der Waals surface area contributed by atoms with Gasteiger partial charge in [-0.15, -0.1) is 0 Å². The van der Waals surface area contributed by atoms with Crippen molar-refractivity contribution in [3.8, 4) is 0 Å². The van der Waals surface area contributed by atoms with Gasteiger partial charge >= 0.3 is 5.97 Å². The third-order valence-electron chi connectivity index (χ3n) is 3.62. The minimum Gasteiger partial charge on any atom is -0.466 e. The van der Waals surface area contributed by atoms with E-state index in [2.05, 4.69) is 12.1 Å². The Labute approximate surface area is 119 Å². The first-order valence-electron chi connectivity index (χ1n) is 7.21. The molecule has 0 unspecified atom stereocenters. The number of hydrogen-bond donors (Lipinski definition) is 0. The van der Waals surface area contributed by atoms with Crippen LogP contribution in [0.2, 0.25) is 0 Å². The van der Waals surface area contributed by atoms with Gasteiger partial charge in [-0.2, -0.15) is 0 Å². The average molecular weight is 275 g/mol. The molecule has 108 valence electrons. The van der Waals surface area contributed by atoms with Crippen molar-refractivity contribution in [1.82, 2.24) is 4.90 Å². The van der Waals surface area contributed by atoms with E-state index in [1.54, 1.807) is 6.92 Å². The van der Waals surface area contributed by atoms with Crippen molar-refractivity contribution in [2.24, 2.45) is 0 Å². The zero-order chi connectivity index (χ0) is 14.4. The summed E-state index contributed by atoms with van der Waals surface area (Å²) in [6, 6.07) is 8.33. The van der Waals surface area contributed by atoms with Gasteiger partial charge in [-0.3, -0.25) is 9.59 Å². The van der Waals surface area contributed by atoms with Crippen LogP contribution >= 0.6 is 0 Å². The maximum Gasteiger partial charge on any atom is 0.306 e. The Hall–Kier alpha value is -1.84. The predicted octanol–water partition coefficient (Wildman–Crippen LogP) is 1.96. The van der Waals surface area contributed by atoms with Gasteiger partial charge in [0.15, 0.2) is 0 Å². The molecule has 0 spiro atoms. The Balaban J connectivity index is 1.86. The highest BCUT2D eigenvalue weighted by Crippen LogP contribution is 2.16. The number of fused-ring (bicyclic) bond motifs is 1. The summed E-state index contributed by atoms with van der Waals surface area (Å²) in [6.45, 7) is 3.61. The molecular weight excluding hydrogens is 254 g/mol. The van der Waals surface area contributed by atoms with E-state index >= 15 is 0 Å². The molecule has 0 aromatic heterocycles. The molecule has 0 saturated carbocycles. The van der Waals surface area contributed by atoms with Crippen LogP contribution in [0.25, 0.3) is 0 Å². The highest BCUT2D eigenvalue weighted by Gasteiger charge is 2.18. The summed E-state index contributed by atoms with van der Waals surface area (Å²) in [5.74, 6) is -0.246. The van der Waals surface area contributed by atoms with Crippen LogP contribution in [-0.4, -0.2) is 36.5 Å². The summed E-state index contributed by atoms with van der Waals surface area (Å²) in [5.41, 5.74) is 2.65. The van der Waals surface area contributed by atoms with Gasteiger partial charge in [0.05, 0.1) is 13.0 Å². The molecule has 0 saturated heterocycles. The lowest BCUT2D eigenvalue weighted by molar-refractivity contribution is -0.145. The van der Waals surface area contributed by atoms with E-state index in [1.165, 1.54) is 11.1 Å². The Morgan fingerprint density at radius 3 is 2.25 bits per heavy atom. The third-order valence-corrected chi connectivity index (χ3v) is 3.62. The molecule has 0 atom stereocenters. The van der Waals surface area contributed by atoms with Crippen LogP contribution in [0.1, 0.15) is 30.9 Å². The molecule has 1 aromatic carbocycles. The molecule has 0 radical (unpaired) electrons. The second-order valence-corrected chi connectivity index (χ2v) is 4.95. The van der Waals surface area contributed by atoms with Crippen LogP contribution in [0, 0.1) is 0 Å². The molecule has 4 nitrogen and oxygen atoms in total. The molecule has 20 heavy (non-hydrogen) atoms. The van der Waals surface area contributed by atoms with Gasteiger partial charge in [0.2, 0.25) is 5.91 Å². The van der Waals surface area contributed by atoms with Crippen molar-refractivity contribution in [3.05, 3.63) is 35.4 Å². The van der Waals surface area contributed by atoms with Crippen LogP contribution < -0.4 is 0 Å².